The van der Waals surface area contributed by atoms with E-state index in [-0.39, 0.29) is 11.7 Å². The first-order valence-corrected chi connectivity index (χ1v) is 9.72. The zero-order chi connectivity index (χ0) is 20.5. The van der Waals surface area contributed by atoms with Crippen molar-refractivity contribution in [3.8, 4) is 0 Å². The van der Waals surface area contributed by atoms with Gasteiger partial charge in [0.05, 0.1) is 4.92 Å². The standard InChI is InChI=1S/C20H20ClN5O3/c1-13-5-6-15(21)10-16(13)24-9-7-14(12-24)11-22-19-18(26(28)29)20(27)25-8-3-2-4-17(25)23-19/h2-6,8,10,14,22H,7,9,11-12H2,1H3. The number of halogens is 1. The summed E-state index contributed by atoms with van der Waals surface area (Å²) in [4.78, 5) is 29.9. The van der Waals surface area contributed by atoms with Crippen molar-refractivity contribution in [2.75, 3.05) is 29.9 Å². The number of nitro groups is 1. The van der Waals surface area contributed by atoms with Gasteiger partial charge in [-0.25, -0.2) is 4.98 Å². The van der Waals surface area contributed by atoms with Crippen molar-refractivity contribution in [1.82, 2.24) is 9.38 Å². The molecule has 2 aromatic heterocycles. The minimum absolute atomic E-state index is 0.0172. The highest BCUT2D eigenvalue weighted by molar-refractivity contribution is 6.30. The number of hydrogen-bond donors (Lipinski definition) is 1. The molecule has 1 aliphatic heterocycles. The van der Waals surface area contributed by atoms with Crippen LogP contribution < -0.4 is 15.8 Å². The maximum absolute atomic E-state index is 12.5. The quantitative estimate of drug-likeness (QED) is 0.508. The maximum atomic E-state index is 12.5. The summed E-state index contributed by atoms with van der Waals surface area (Å²) in [6, 6.07) is 10.9. The molecule has 1 N–H and O–H groups in total. The summed E-state index contributed by atoms with van der Waals surface area (Å²) in [6.07, 6.45) is 2.41. The number of fused-ring (bicyclic) bond motifs is 1. The third-order valence-electron chi connectivity index (χ3n) is 5.25. The fourth-order valence-corrected chi connectivity index (χ4v) is 3.92. The lowest BCUT2D eigenvalue weighted by Crippen LogP contribution is -2.25. The van der Waals surface area contributed by atoms with Crippen LogP contribution >= 0.6 is 11.6 Å². The van der Waals surface area contributed by atoms with E-state index in [1.165, 1.54) is 10.6 Å². The predicted octanol–water partition coefficient (Wildman–Crippen LogP) is 3.50. The predicted molar refractivity (Wildman–Crippen MR) is 113 cm³/mol. The average molecular weight is 414 g/mol. The van der Waals surface area contributed by atoms with Gasteiger partial charge in [-0.1, -0.05) is 23.7 Å². The topological polar surface area (TPSA) is 92.8 Å². The minimum atomic E-state index is -0.689. The Morgan fingerprint density at radius 1 is 1.34 bits per heavy atom. The van der Waals surface area contributed by atoms with E-state index < -0.39 is 16.2 Å². The number of aromatic nitrogens is 2. The molecule has 0 bridgehead atoms. The highest BCUT2D eigenvalue weighted by Crippen LogP contribution is 2.29. The largest absolute Gasteiger partial charge is 0.376 e. The molecule has 1 atom stereocenters. The molecule has 1 unspecified atom stereocenters. The number of rotatable bonds is 5. The van der Waals surface area contributed by atoms with Gasteiger partial charge in [0.15, 0.2) is 0 Å². The fraction of sp³-hybridized carbons (Fsp3) is 0.300. The number of hydrogen-bond acceptors (Lipinski definition) is 6. The van der Waals surface area contributed by atoms with Crippen LogP contribution in [0.5, 0.6) is 0 Å². The second kappa shape index (κ2) is 7.71. The van der Waals surface area contributed by atoms with Crippen LogP contribution in [0.4, 0.5) is 17.2 Å². The monoisotopic (exact) mass is 413 g/mol. The number of anilines is 2. The highest BCUT2D eigenvalue weighted by atomic mass is 35.5. The van der Waals surface area contributed by atoms with Crippen LogP contribution in [-0.2, 0) is 0 Å². The van der Waals surface area contributed by atoms with Crippen LogP contribution in [0.15, 0.2) is 47.4 Å². The summed E-state index contributed by atoms with van der Waals surface area (Å²) in [7, 11) is 0. The number of nitrogens with zero attached hydrogens (tertiary/aromatic N) is 4. The second-order valence-electron chi connectivity index (χ2n) is 7.21. The molecular weight excluding hydrogens is 394 g/mol. The van der Waals surface area contributed by atoms with E-state index in [1.54, 1.807) is 18.2 Å². The zero-order valence-corrected chi connectivity index (χ0v) is 16.6. The fourth-order valence-electron chi connectivity index (χ4n) is 3.75. The first-order chi connectivity index (χ1) is 13.9. The summed E-state index contributed by atoms with van der Waals surface area (Å²) >= 11 is 6.14. The van der Waals surface area contributed by atoms with E-state index in [4.69, 9.17) is 11.6 Å². The van der Waals surface area contributed by atoms with Gasteiger partial charge < -0.3 is 10.2 Å². The number of pyridine rings is 1. The smallest absolute Gasteiger partial charge is 0.371 e. The second-order valence-corrected chi connectivity index (χ2v) is 7.65. The maximum Gasteiger partial charge on any atom is 0.376 e. The summed E-state index contributed by atoms with van der Waals surface area (Å²) in [6.45, 7) is 4.22. The van der Waals surface area contributed by atoms with Crippen molar-refractivity contribution in [3.05, 3.63) is 73.6 Å². The molecule has 1 fully saturated rings. The van der Waals surface area contributed by atoms with Gasteiger partial charge in [0, 0.05) is 36.5 Å². The van der Waals surface area contributed by atoms with Crippen molar-refractivity contribution >= 4 is 34.4 Å². The lowest BCUT2D eigenvalue weighted by atomic mass is 10.1. The van der Waals surface area contributed by atoms with Crippen molar-refractivity contribution in [2.45, 2.75) is 13.3 Å². The minimum Gasteiger partial charge on any atom is -0.371 e. The van der Waals surface area contributed by atoms with E-state index in [2.05, 4.69) is 15.2 Å². The lowest BCUT2D eigenvalue weighted by Gasteiger charge is -2.21. The summed E-state index contributed by atoms with van der Waals surface area (Å²) in [5.74, 6) is 0.285. The van der Waals surface area contributed by atoms with Gasteiger partial charge in [0.25, 0.3) is 0 Å². The highest BCUT2D eigenvalue weighted by Gasteiger charge is 2.27. The van der Waals surface area contributed by atoms with E-state index in [9.17, 15) is 14.9 Å². The molecule has 1 aromatic carbocycles. The van der Waals surface area contributed by atoms with Crippen molar-refractivity contribution in [1.29, 1.82) is 0 Å². The van der Waals surface area contributed by atoms with Gasteiger partial charge in [-0.05, 0) is 49.1 Å². The number of nitrogens with one attached hydrogen (secondary N) is 1. The van der Waals surface area contributed by atoms with E-state index in [0.717, 1.165) is 30.8 Å². The Labute approximate surface area is 171 Å². The van der Waals surface area contributed by atoms with Gasteiger partial charge in [-0.3, -0.25) is 19.3 Å². The molecule has 0 aliphatic carbocycles. The van der Waals surface area contributed by atoms with Gasteiger partial charge in [0.2, 0.25) is 5.82 Å². The zero-order valence-electron chi connectivity index (χ0n) is 15.8. The molecule has 150 valence electrons. The molecule has 0 saturated carbocycles. The molecule has 0 radical (unpaired) electrons. The third kappa shape index (κ3) is 3.75. The molecule has 3 heterocycles. The summed E-state index contributed by atoms with van der Waals surface area (Å²) in [5, 5.41) is 15.2. The summed E-state index contributed by atoms with van der Waals surface area (Å²) < 4.78 is 1.18. The van der Waals surface area contributed by atoms with E-state index in [1.807, 2.05) is 25.1 Å². The number of aryl methyl sites for hydroxylation is 1. The van der Waals surface area contributed by atoms with Gasteiger partial charge in [-0.2, -0.15) is 0 Å². The van der Waals surface area contributed by atoms with Crippen molar-refractivity contribution in [3.63, 3.8) is 0 Å². The molecule has 8 nitrogen and oxygen atoms in total. The van der Waals surface area contributed by atoms with Crippen LogP contribution in [0.25, 0.3) is 5.65 Å². The first kappa shape index (κ1) is 19.2. The van der Waals surface area contributed by atoms with Crippen LogP contribution in [0.3, 0.4) is 0 Å². The Kier molecular flexibility index (Phi) is 5.10. The molecule has 0 spiro atoms. The van der Waals surface area contributed by atoms with Crippen molar-refractivity contribution < 1.29 is 4.92 Å². The SMILES string of the molecule is Cc1ccc(Cl)cc1N1CCC(CNc2nc3ccccn3c(=O)c2[N+](=O)[O-])C1. The van der Waals surface area contributed by atoms with Crippen LogP contribution in [-0.4, -0.2) is 33.9 Å². The molecule has 1 aliphatic rings. The molecule has 0 amide bonds. The number of benzene rings is 1. The molecule has 9 heteroatoms. The Morgan fingerprint density at radius 2 is 2.17 bits per heavy atom. The Bertz CT molecular complexity index is 1150. The van der Waals surface area contributed by atoms with Crippen LogP contribution in [0, 0.1) is 23.0 Å². The first-order valence-electron chi connectivity index (χ1n) is 9.35. The normalized spacial score (nSPS) is 16.3. The van der Waals surface area contributed by atoms with Crippen molar-refractivity contribution in [2.24, 2.45) is 5.92 Å². The van der Waals surface area contributed by atoms with Gasteiger partial charge >= 0.3 is 11.2 Å². The van der Waals surface area contributed by atoms with E-state index >= 15 is 0 Å². The third-order valence-corrected chi connectivity index (χ3v) is 5.48. The molecule has 1 saturated heterocycles. The Morgan fingerprint density at radius 3 is 2.97 bits per heavy atom. The van der Waals surface area contributed by atoms with Crippen LogP contribution in [0.2, 0.25) is 5.02 Å². The van der Waals surface area contributed by atoms with E-state index in [0.29, 0.717) is 17.2 Å². The Hall–Kier alpha value is -3.13. The van der Waals surface area contributed by atoms with Gasteiger partial charge in [0.1, 0.15) is 5.65 Å². The van der Waals surface area contributed by atoms with Crippen LogP contribution in [0.1, 0.15) is 12.0 Å². The Balaban J connectivity index is 1.53. The summed E-state index contributed by atoms with van der Waals surface area (Å²) in [5.41, 5.74) is 1.41. The lowest BCUT2D eigenvalue weighted by molar-refractivity contribution is -0.385. The molecule has 29 heavy (non-hydrogen) atoms. The molecular formula is C20H20ClN5O3. The molecule has 4 rings (SSSR count). The molecule has 3 aromatic rings. The average Bonchev–Trinajstić information content (AvgIpc) is 3.17. The van der Waals surface area contributed by atoms with Gasteiger partial charge in [-0.15, -0.1) is 0 Å².